The van der Waals surface area contributed by atoms with Crippen LogP contribution < -0.4 is 0 Å². The molecule has 5 nitrogen and oxygen atoms in total. The summed E-state index contributed by atoms with van der Waals surface area (Å²) in [6, 6.07) is 0. The summed E-state index contributed by atoms with van der Waals surface area (Å²) in [5.74, 6) is 0.787. The number of hydrogen-bond acceptors (Lipinski definition) is 5. The van der Waals surface area contributed by atoms with Crippen LogP contribution in [0.15, 0.2) is 0 Å². The Hall–Kier alpha value is -1.26. The maximum Gasteiger partial charge on any atom is 0.508 e. The van der Waals surface area contributed by atoms with E-state index in [0.29, 0.717) is 18.3 Å². The predicted octanol–water partition coefficient (Wildman–Crippen LogP) is 2.28. The highest BCUT2D eigenvalue weighted by Crippen LogP contribution is 2.63. The van der Waals surface area contributed by atoms with E-state index in [0.717, 1.165) is 32.1 Å². The zero-order valence-electron chi connectivity index (χ0n) is 11.4. The lowest BCUT2D eigenvalue weighted by Gasteiger charge is -2.59. The van der Waals surface area contributed by atoms with Crippen LogP contribution in [0.4, 0.5) is 4.79 Å². The van der Waals surface area contributed by atoms with Crippen molar-refractivity contribution in [1.82, 2.24) is 0 Å². The largest absolute Gasteiger partial charge is 0.508 e. The minimum Gasteiger partial charge on any atom is -0.469 e. The molecule has 2 unspecified atom stereocenters. The second kappa shape index (κ2) is 4.12. The van der Waals surface area contributed by atoms with Crippen LogP contribution in [0.3, 0.4) is 0 Å². The summed E-state index contributed by atoms with van der Waals surface area (Å²) in [5, 5.41) is 0. The maximum atomic E-state index is 12.2. The maximum absolute atomic E-state index is 12.2. The summed E-state index contributed by atoms with van der Waals surface area (Å²) in [5.41, 5.74) is -0.946. The smallest absolute Gasteiger partial charge is 0.469 e. The lowest BCUT2D eigenvalue weighted by molar-refractivity contribution is -0.197. The minimum absolute atomic E-state index is 0.139. The van der Waals surface area contributed by atoms with Gasteiger partial charge in [0.1, 0.15) is 5.60 Å². The fraction of sp³-hybridized carbons (Fsp3) is 0.857. The van der Waals surface area contributed by atoms with Gasteiger partial charge in [0, 0.05) is 6.42 Å². The van der Waals surface area contributed by atoms with Gasteiger partial charge in [-0.25, -0.2) is 4.79 Å². The summed E-state index contributed by atoms with van der Waals surface area (Å²) in [4.78, 5) is 23.6. The standard InChI is InChI=1S/C14H20O5/c1-17-11(15)13-4-9-3-10(5-13)7-14(6-9,8-13)19-12(16)18-2/h9-10H,3-8H2,1-2H3. The van der Waals surface area contributed by atoms with Crippen LogP contribution in [0, 0.1) is 17.3 Å². The van der Waals surface area contributed by atoms with Gasteiger partial charge >= 0.3 is 12.1 Å². The lowest BCUT2D eigenvalue weighted by atomic mass is 9.48. The van der Waals surface area contributed by atoms with E-state index in [-0.39, 0.29) is 5.97 Å². The average Bonchev–Trinajstić information content (AvgIpc) is 2.35. The molecule has 19 heavy (non-hydrogen) atoms. The van der Waals surface area contributed by atoms with Crippen LogP contribution in [-0.4, -0.2) is 31.9 Å². The van der Waals surface area contributed by atoms with Crippen LogP contribution in [0.1, 0.15) is 38.5 Å². The second-order valence-corrected chi connectivity index (χ2v) is 6.47. The fourth-order valence-electron chi connectivity index (χ4n) is 4.97. The van der Waals surface area contributed by atoms with Crippen LogP contribution in [0.5, 0.6) is 0 Å². The highest BCUT2D eigenvalue weighted by Gasteiger charge is 2.63. The number of carbonyl (C=O) groups is 2. The average molecular weight is 268 g/mol. The van der Waals surface area contributed by atoms with Crippen molar-refractivity contribution in [3.8, 4) is 0 Å². The van der Waals surface area contributed by atoms with E-state index in [1.54, 1.807) is 0 Å². The molecule has 0 saturated heterocycles. The van der Waals surface area contributed by atoms with Gasteiger partial charge in [-0.15, -0.1) is 0 Å². The van der Waals surface area contributed by atoms with Gasteiger partial charge in [0.25, 0.3) is 0 Å². The number of carbonyl (C=O) groups excluding carboxylic acids is 2. The molecule has 0 heterocycles. The van der Waals surface area contributed by atoms with Crippen molar-refractivity contribution < 1.29 is 23.8 Å². The Bertz CT molecular complexity index is 402. The molecule has 106 valence electrons. The summed E-state index contributed by atoms with van der Waals surface area (Å²) < 4.78 is 15.2. The van der Waals surface area contributed by atoms with Gasteiger partial charge in [0.05, 0.1) is 19.6 Å². The van der Waals surface area contributed by atoms with Crippen LogP contribution in [-0.2, 0) is 19.0 Å². The Morgan fingerprint density at radius 1 is 1.00 bits per heavy atom. The number of rotatable bonds is 2. The quantitative estimate of drug-likeness (QED) is 0.719. The van der Waals surface area contributed by atoms with Crippen LogP contribution >= 0.6 is 0 Å². The molecule has 4 aliphatic carbocycles. The molecule has 5 heteroatoms. The first-order valence-electron chi connectivity index (χ1n) is 6.86. The third kappa shape index (κ3) is 1.90. The van der Waals surface area contributed by atoms with Crippen LogP contribution in [0.25, 0.3) is 0 Å². The molecular weight excluding hydrogens is 248 g/mol. The van der Waals surface area contributed by atoms with Crippen LogP contribution in [0.2, 0.25) is 0 Å². The van der Waals surface area contributed by atoms with Gasteiger partial charge in [-0.2, -0.15) is 0 Å². The highest BCUT2D eigenvalue weighted by molar-refractivity contribution is 5.77. The Labute approximate surface area is 112 Å². The van der Waals surface area contributed by atoms with E-state index in [1.165, 1.54) is 14.2 Å². The van der Waals surface area contributed by atoms with Crippen molar-refractivity contribution in [3.63, 3.8) is 0 Å². The molecule has 4 rings (SSSR count). The SMILES string of the molecule is COC(=O)OC12CC3CC(C1)CC(C(=O)OC)(C3)C2. The summed E-state index contributed by atoms with van der Waals surface area (Å²) in [7, 11) is 2.76. The highest BCUT2D eigenvalue weighted by atomic mass is 16.7. The molecule has 2 atom stereocenters. The molecule has 0 aromatic rings. The van der Waals surface area contributed by atoms with Gasteiger partial charge < -0.3 is 14.2 Å². The molecular formula is C14H20O5. The fourth-order valence-corrected chi connectivity index (χ4v) is 4.97. The van der Waals surface area contributed by atoms with Gasteiger partial charge in [0.2, 0.25) is 0 Å². The van der Waals surface area contributed by atoms with Crippen molar-refractivity contribution in [2.24, 2.45) is 17.3 Å². The van der Waals surface area contributed by atoms with E-state index in [1.807, 2.05) is 0 Å². The van der Waals surface area contributed by atoms with Crippen molar-refractivity contribution in [1.29, 1.82) is 0 Å². The molecule has 0 radical (unpaired) electrons. The third-order valence-corrected chi connectivity index (χ3v) is 5.09. The number of hydrogen-bond donors (Lipinski definition) is 0. The monoisotopic (exact) mass is 268 g/mol. The molecule has 0 amide bonds. The lowest BCUT2D eigenvalue weighted by Crippen LogP contribution is -2.59. The van der Waals surface area contributed by atoms with Crippen molar-refractivity contribution >= 4 is 12.1 Å². The molecule has 0 aromatic heterocycles. The van der Waals surface area contributed by atoms with E-state index in [2.05, 4.69) is 4.74 Å². The predicted molar refractivity (Wildman–Crippen MR) is 65.4 cm³/mol. The van der Waals surface area contributed by atoms with E-state index >= 15 is 0 Å². The molecule has 4 saturated carbocycles. The molecule has 0 aliphatic heterocycles. The number of esters is 1. The van der Waals surface area contributed by atoms with Gasteiger partial charge in [-0.1, -0.05) is 0 Å². The molecule has 4 aliphatic rings. The van der Waals surface area contributed by atoms with Crippen molar-refractivity contribution in [2.75, 3.05) is 14.2 Å². The van der Waals surface area contributed by atoms with Gasteiger partial charge in [-0.05, 0) is 43.9 Å². The normalized spacial score (nSPS) is 42.8. The van der Waals surface area contributed by atoms with Crippen molar-refractivity contribution in [3.05, 3.63) is 0 Å². The zero-order chi connectivity index (χ0) is 13.7. The molecule has 0 N–H and O–H groups in total. The van der Waals surface area contributed by atoms with Crippen molar-refractivity contribution in [2.45, 2.75) is 44.1 Å². The van der Waals surface area contributed by atoms with Gasteiger partial charge in [0.15, 0.2) is 0 Å². The minimum atomic E-state index is -0.637. The second-order valence-electron chi connectivity index (χ2n) is 6.47. The Morgan fingerprint density at radius 2 is 1.63 bits per heavy atom. The zero-order valence-corrected chi connectivity index (χ0v) is 11.4. The number of methoxy groups -OCH3 is 2. The summed E-state index contributed by atoms with van der Waals surface area (Å²) in [6.07, 6.45) is 4.57. The first-order chi connectivity index (χ1) is 9.01. The number of ether oxygens (including phenoxy) is 3. The van der Waals surface area contributed by atoms with E-state index < -0.39 is 17.2 Å². The Morgan fingerprint density at radius 3 is 2.16 bits per heavy atom. The first-order valence-corrected chi connectivity index (χ1v) is 6.86. The molecule has 4 bridgehead atoms. The summed E-state index contributed by atoms with van der Waals surface area (Å²) >= 11 is 0. The summed E-state index contributed by atoms with van der Waals surface area (Å²) in [6.45, 7) is 0. The molecule has 0 aromatic carbocycles. The molecule has 0 spiro atoms. The topological polar surface area (TPSA) is 61.8 Å². The Balaban J connectivity index is 1.88. The molecule has 4 fully saturated rings. The van der Waals surface area contributed by atoms with E-state index in [4.69, 9.17) is 9.47 Å². The first kappa shape index (κ1) is 12.8. The van der Waals surface area contributed by atoms with Gasteiger partial charge in [-0.3, -0.25) is 4.79 Å². The Kier molecular flexibility index (Phi) is 2.76. The third-order valence-electron chi connectivity index (χ3n) is 5.09. The van der Waals surface area contributed by atoms with E-state index in [9.17, 15) is 9.59 Å².